The van der Waals surface area contributed by atoms with Crippen LogP contribution in [0.25, 0.3) is 0 Å². The summed E-state index contributed by atoms with van der Waals surface area (Å²) in [6, 6.07) is 7.17. The molecule has 0 bridgehead atoms. The number of hydrogen-bond donors (Lipinski definition) is 0. The number of hydrogen-bond acceptors (Lipinski definition) is 2. The average molecular weight is 218 g/mol. The molecule has 0 spiro atoms. The van der Waals surface area contributed by atoms with Gasteiger partial charge in [0.25, 0.3) is 0 Å². The average Bonchev–Trinajstić information content (AvgIpc) is 2.29. The monoisotopic (exact) mass is 218 g/mol. The topological polar surface area (TPSA) is 27.0 Å². The van der Waals surface area contributed by atoms with Gasteiger partial charge in [0.1, 0.15) is 11.9 Å². The highest BCUT2D eigenvalue weighted by molar-refractivity contribution is 5.51. The second-order valence-electron chi connectivity index (χ2n) is 4.31. The van der Waals surface area contributed by atoms with Crippen LogP contribution in [0, 0.1) is 17.1 Å². The van der Waals surface area contributed by atoms with Crippen LogP contribution in [0.3, 0.4) is 0 Å². The van der Waals surface area contributed by atoms with Gasteiger partial charge in [-0.3, -0.25) is 0 Å². The SMILES string of the molecule is CC1CCCCN1c1ccc(C#N)c(F)c1. The molecule has 0 aliphatic carbocycles. The molecule has 0 radical (unpaired) electrons. The molecule has 1 aromatic rings. The van der Waals surface area contributed by atoms with Gasteiger partial charge in [-0.2, -0.15) is 5.26 Å². The van der Waals surface area contributed by atoms with E-state index in [2.05, 4.69) is 11.8 Å². The Morgan fingerprint density at radius 2 is 2.25 bits per heavy atom. The summed E-state index contributed by atoms with van der Waals surface area (Å²) < 4.78 is 13.5. The third kappa shape index (κ3) is 2.01. The van der Waals surface area contributed by atoms with E-state index in [9.17, 15) is 4.39 Å². The number of benzene rings is 1. The Kier molecular flexibility index (Phi) is 3.09. The van der Waals surface area contributed by atoms with Gasteiger partial charge in [0.05, 0.1) is 5.56 Å². The van der Waals surface area contributed by atoms with Crippen LogP contribution >= 0.6 is 0 Å². The molecule has 1 heterocycles. The lowest BCUT2D eigenvalue weighted by Gasteiger charge is -2.35. The van der Waals surface area contributed by atoms with E-state index >= 15 is 0 Å². The molecular formula is C13H15FN2. The van der Waals surface area contributed by atoms with Gasteiger partial charge in [-0.25, -0.2) is 4.39 Å². The molecule has 0 N–H and O–H groups in total. The van der Waals surface area contributed by atoms with E-state index < -0.39 is 5.82 Å². The molecule has 1 aliphatic heterocycles. The van der Waals surface area contributed by atoms with Crippen LogP contribution in [0.4, 0.5) is 10.1 Å². The number of piperidine rings is 1. The van der Waals surface area contributed by atoms with Gasteiger partial charge < -0.3 is 4.90 Å². The van der Waals surface area contributed by atoms with Crippen molar-refractivity contribution in [2.24, 2.45) is 0 Å². The van der Waals surface area contributed by atoms with E-state index in [4.69, 9.17) is 5.26 Å². The summed E-state index contributed by atoms with van der Waals surface area (Å²) in [5, 5.41) is 8.67. The zero-order chi connectivity index (χ0) is 11.5. The molecule has 16 heavy (non-hydrogen) atoms. The van der Waals surface area contributed by atoms with Crippen LogP contribution in [-0.2, 0) is 0 Å². The van der Waals surface area contributed by atoms with Crippen molar-refractivity contribution >= 4 is 5.69 Å². The molecule has 2 nitrogen and oxygen atoms in total. The van der Waals surface area contributed by atoms with Crippen molar-refractivity contribution in [2.45, 2.75) is 32.2 Å². The Hall–Kier alpha value is -1.56. The Morgan fingerprint density at radius 1 is 1.44 bits per heavy atom. The molecule has 0 aromatic heterocycles. The predicted octanol–water partition coefficient (Wildman–Crippen LogP) is 3.08. The van der Waals surface area contributed by atoms with Crippen LogP contribution in [0.2, 0.25) is 0 Å². The first-order chi connectivity index (χ1) is 7.72. The lowest BCUT2D eigenvalue weighted by Crippen LogP contribution is -2.37. The smallest absolute Gasteiger partial charge is 0.143 e. The van der Waals surface area contributed by atoms with Crippen molar-refractivity contribution in [2.75, 3.05) is 11.4 Å². The first kappa shape index (κ1) is 10.9. The normalized spacial score (nSPS) is 20.6. The molecule has 2 rings (SSSR count). The van der Waals surface area contributed by atoms with Gasteiger partial charge >= 0.3 is 0 Å². The van der Waals surface area contributed by atoms with Gasteiger partial charge in [0.15, 0.2) is 0 Å². The van der Waals surface area contributed by atoms with Crippen LogP contribution in [0.1, 0.15) is 31.7 Å². The van der Waals surface area contributed by atoms with Crippen LogP contribution in [-0.4, -0.2) is 12.6 Å². The van der Waals surface area contributed by atoms with Crippen molar-refractivity contribution in [3.63, 3.8) is 0 Å². The Bertz CT molecular complexity index is 422. The molecule has 1 fully saturated rings. The highest BCUT2D eigenvalue weighted by atomic mass is 19.1. The van der Waals surface area contributed by atoms with Gasteiger partial charge in [-0.15, -0.1) is 0 Å². The fraction of sp³-hybridized carbons (Fsp3) is 0.462. The molecule has 1 aliphatic rings. The molecule has 84 valence electrons. The van der Waals surface area contributed by atoms with Crippen LogP contribution in [0.5, 0.6) is 0 Å². The van der Waals surface area contributed by atoms with E-state index in [1.807, 2.05) is 12.1 Å². The van der Waals surface area contributed by atoms with Gasteiger partial charge in [-0.1, -0.05) is 0 Å². The van der Waals surface area contributed by atoms with Crippen molar-refractivity contribution in [1.29, 1.82) is 5.26 Å². The molecule has 3 heteroatoms. The summed E-state index contributed by atoms with van der Waals surface area (Å²) in [6.45, 7) is 3.14. The first-order valence-electron chi connectivity index (χ1n) is 5.68. The quantitative estimate of drug-likeness (QED) is 0.724. The Labute approximate surface area is 95.3 Å². The highest BCUT2D eigenvalue weighted by Crippen LogP contribution is 2.25. The number of nitriles is 1. The minimum Gasteiger partial charge on any atom is -0.369 e. The van der Waals surface area contributed by atoms with Crippen LogP contribution < -0.4 is 4.90 Å². The molecule has 1 unspecified atom stereocenters. The minimum atomic E-state index is -0.419. The maximum Gasteiger partial charge on any atom is 0.143 e. The summed E-state index contributed by atoms with van der Waals surface area (Å²) in [5.74, 6) is -0.419. The summed E-state index contributed by atoms with van der Waals surface area (Å²) in [7, 11) is 0. The third-order valence-corrected chi connectivity index (χ3v) is 3.21. The minimum absolute atomic E-state index is 0.119. The summed E-state index contributed by atoms with van der Waals surface area (Å²) in [5.41, 5.74) is 1.01. The van der Waals surface area contributed by atoms with Crippen LogP contribution in [0.15, 0.2) is 18.2 Å². The molecule has 0 amide bonds. The van der Waals surface area contributed by atoms with E-state index in [1.54, 1.807) is 6.07 Å². The van der Waals surface area contributed by atoms with E-state index in [0.717, 1.165) is 25.1 Å². The lowest BCUT2D eigenvalue weighted by atomic mass is 10.0. The number of nitrogens with zero attached hydrogens (tertiary/aromatic N) is 2. The van der Waals surface area contributed by atoms with E-state index in [1.165, 1.54) is 12.5 Å². The predicted molar refractivity (Wildman–Crippen MR) is 61.8 cm³/mol. The van der Waals surface area contributed by atoms with Gasteiger partial charge in [0, 0.05) is 18.3 Å². The van der Waals surface area contributed by atoms with Crippen molar-refractivity contribution < 1.29 is 4.39 Å². The number of halogens is 1. The largest absolute Gasteiger partial charge is 0.369 e. The van der Waals surface area contributed by atoms with E-state index in [0.29, 0.717) is 6.04 Å². The molecule has 1 aromatic carbocycles. The van der Waals surface area contributed by atoms with Crippen molar-refractivity contribution in [3.8, 4) is 6.07 Å². The zero-order valence-corrected chi connectivity index (χ0v) is 9.41. The highest BCUT2D eigenvalue weighted by Gasteiger charge is 2.19. The Balaban J connectivity index is 2.27. The molecular weight excluding hydrogens is 203 g/mol. The van der Waals surface area contributed by atoms with Crippen molar-refractivity contribution in [3.05, 3.63) is 29.6 Å². The van der Waals surface area contributed by atoms with Gasteiger partial charge in [0.2, 0.25) is 0 Å². The zero-order valence-electron chi connectivity index (χ0n) is 9.41. The van der Waals surface area contributed by atoms with Gasteiger partial charge in [-0.05, 0) is 44.4 Å². The number of anilines is 1. The number of rotatable bonds is 1. The second kappa shape index (κ2) is 4.52. The fourth-order valence-electron chi connectivity index (χ4n) is 2.26. The summed E-state index contributed by atoms with van der Waals surface area (Å²) >= 11 is 0. The summed E-state index contributed by atoms with van der Waals surface area (Å²) in [4.78, 5) is 2.22. The standard InChI is InChI=1S/C13H15FN2/c1-10-4-2-3-7-16(10)12-6-5-11(9-15)13(14)8-12/h5-6,8,10H,2-4,7H2,1H3. The van der Waals surface area contributed by atoms with Crippen molar-refractivity contribution in [1.82, 2.24) is 0 Å². The second-order valence-corrected chi connectivity index (χ2v) is 4.31. The summed E-state index contributed by atoms with van der Waals surface area (Å²) in [6.07, 6.45) is 3.56. The first-order valence-corrected chi connectivity index (χ1v) is 5.68. The lowest BCUT2D eigenvalue weighted by molar-refractivity contribution is 0.483. The molecule has 0 saturated carbocycles. The van der Waals surface area contributed by atoms with E-state index in [-0.39, 0.29) is 5.56 Å². The molecule has 1 atom stereocenters. The third-order valence-electron chi connectivity index (χ3n) is 3.21. The Morgan fingerprint density at radius 3 is 2.88 bits per heavy atom. The maximum atomic E-state index is 13.5. The maximum absolute atomic E-state index is 13.5. The fourth-order valence-corrected chi connectivity index (χ4v) is 2.26. The molecule has 1 saturated heterocycles.